The molecule has 0 amide bonds. The zero-order chi connectivity index (χ0) is 17.3. The largest absolute Gasteiger partial charge is 0.475 e. The highest BCUT2D eigenvalue weighted by Gasteiger charge is 2.42. The van der Waals surface area contributed by atoms with Gasteiger partial charge in [0.25, 0.3) is 0 Å². The molecule has 4 rings (SSSR count). The molecule has 0 heterocycles. The van der Waals surface area contributed by atoms with Gasteiger partial charge in [-0.1, -0.05) is 66.7 Å². The third-order valence-corrected chi connectivity index (χ3v) is 4.74. The number of ether oxygens (including phenoxy) is 1. The lowest BCUT2D eigenvalue weighted by molar-refractivity contribution is -0.386. The molecule has 1 aliphatic carbocycles. The zero-order valence-corrected chi connectivity index (χ0v) is 13.6. The summed E-state index contributed by atoms with van der Waals surface area (Å²) >= 11 is 0. The molecule has 0 unspecified atom stereocenters. The van der Waals surface area contributed by atoms with Crippen LogP contribution in [0.2, 0.25) is 0 Å². The molecule has 4 nitrogen and oxygen atoms in total. The van der Waals surface area contributed by atoms with Gasteiger partial charge in [-0.05, 0) is 22.8 Å². The maximum Gasteiger partial charge on any atom is 0.310 e. The van der Waals surface area contributed by atoms with Gasteiger partial charge in [0.15, 0.2) is 5.75 Å². The zero-order valence-electron chi connectivity index (χ0n) is 13.6. The molecule has 0 saturated carbocycles. The summed E-state index contributed by atoms with van der Waals surface area (Å²) in [5.74, 6) is 0.309. The van der Waals surface area contributed by atoms with Crippen LogP contribution in [-0.4, -0.2) is 4.92 Å². The van der Waals surface area contributed by atoms with E-state index in [1.165, 1.54) is 17.2 Å². The lowest BCUT2D eigenvalue weighted by atomic mass is 9.90. The lowest BCUT2D eigenvalue weighted by Gasteiger charge is -2.30. The molecular formula is C21H17NO3. The standard InChI is InChI=1S/C21H17NO3/c23-22(24)19-12-6-7-13-20(19)25-21(18-10-2-1-3-11-18)14-16-8-4-5-9-17(16)15-21/h1-13H,14-15H2. The van der Waals surface area contributed by atoms with Gasteiger partial charge in [-0.25, -0.2) is 0 Å². The highest BCUT2D eigenvalue weighted by molar-refractivity contribution is 5.48. The van der Waals surface area contributed by atoms with E-state index in [0.29, 0.717) is 18.6 Å². The van der Waals surface area contributed by atoms with E-state index in [4.69, 9.17) is 4.74 Å². The molecular weight excluding hydrogens is 314 g/mol. The second-order valence-corrected chi connectivity index (χ2v) is 6.31. The molecule has 1 aliphatic rings. The summed E-state index contributed by atoms with van der Waals surface area (Å²) in [6.45, 7) is 0. The molecule has 0 aromatic heterocycles. The molecule has 3 aromatic rings. The fraction of sp³-hybridized carbons (Fsp3) is 0.143. The quantitative estimate of drug-likeness (QED) is 0.516. The number of hydrogen-bond acceptors (Lipinski definition) is 3. The molecule has 4 heteroatoms. The van der Waals surface area contributed by atoms with Gasteiger partial charge in [0.1, 0.15) is 5.60 Å². The Kier molecular flexibility index (Phi) is 3.73. The van der Waals surface area contributed by atoms with Gasteiger partial charge in [-0.3, -0.25) is 10.1 Å². The van der Waals surface area contributed by atoms with E-state index in [1.807, 2.05) is 42.5 Å². The van der Waals surface area contributed by atoms with Crippen LogP contribution in [-0.2, 0) is 18.4 Å². The van der Waals surface area contributed by atoms with Gasteiger partial charge in [-0.2, -0.15) is 0 Å². The smallest absolute Gasteiger partial charge is 0.310 e. The van der Waals surface area contributed by atoms with E-state index in [-0.39, 0.29) is 5.69 Å². The number of nitro benzene ring substituents is 1. The summed E-state index contributed by atoms with van der Waals surface area (Å²) in [5, 5.41) is 11.4. The first-order chi connectivity index (χ1) is 12.2. The minimum absolute atomic E-state index is 0.00578. The highest BCUT2D eigenvalue weighted by atomic mass is 16.6. The number of benzene rings is 3. The average Bonchev–Trinajstić information content (AvgIpc) is 3.02. The van der Waals surface area contributed by atoms with Crippen LogP contribution in [0.1, 0.15) is 16.7 Å². The number of hydrogen-bond donors (Lipinski definition) is 0. The molecule has 0 atom stereocenters. The monoisotopic (exact) mass is 331 g/mol. The number of nitrogens with zero attached hydrogens (tertiary/aromatic N) is 1. The Balaban J connectivity index is 1.80. The molecule has 25 heavy (non-hydrogen) atoms. The van der Waals surface area contributed by atoms with Crippen molar-refractivity contribution in [3.05, 3.63) is 106 Å². The van der Waals surface area contributed by atoms with Crippen LogP contribution in [0.15, 0.2) is 78.9 Å². The fourth-order valence-electron chi connectivity index (χ4n) is 3.56. The number of nitro groups is 1. The van der Waals surface area contributed by atoms with Gasteiger partial charge in [0, 0.05) is 18.9 Å². The maximum atomic E-state index is 11.4. The van der Waals surface area contributed by atoms with Gasteiger partial charge < -0.3 is 4.74 Å². The Morgan fingerprint density at radius 2 is 1.36 bits per heavy atom. The van der Waals surface area contributed by atoms with Crippen molar-refractivity contribution in [2.45, 2.75) is 18.4 Å². The Morgan fingerprint density at radius 3 is 2.00 bits per heavy atom. The maximum absolute atomic E-state index is 11.4. The van der Waals surface area contributed by atoms with Crippen molar-refractivity contribution in [1.82, 2.24) is 0 Å². The topological polar surface area (TPSA) is 52.4 Å². The summed E-state index contributed by atoms with van der Waals surface area (Å²) in [6.07, 6.45) is 1.39. The molecule has 0 N–H and O–H groups in total. The molecule has 0 spiro atoms. The predicted molar refractivity (Wildman–Crippen MR) is 95.7 cm³/mol. The van der Waals surface area contributed by atoms with E-state index in [2.05, 4.69) is 12.1 Å². The SMILES string of the molecule is O=[N+]([O-])c1ccccc1OC1(c2ccccc2)Cc2ccccc2C1. The van der Waals surface area contributed by atoms with Crippen LogP contribution in [0.5, 0.6) is 5.75 Å². The summed E-state index contributed by atoms with van der Waals surface area (Å²) in [7, 11) is 0. The van der Waals surface area contributed by atoms with Gasteiger partial charge in [0.05, 0.1) is 4.92 Å². The third-order valence-electron chi connectivity index (χ3n) is 4.74. The molecule has 0 aliphatic heterocycles. The fourth-order valence-corrected chi connectivity index (χ4v) is 3.56. The molecule has 0 fully saturated rings. The molecule has 124 valence electrons. The van der Waals surface area contributed by atoms with Crippen LogP contribution in [0.4, 0.5) is 5.69 Å². The summed E-state index contributed by atoms with van der Waals surface area (Å²) in [5.41, 5.74) is 2.85. The Hall–Kier alpha value is -3.14. The van der Waals surface area contributed by atoms with Crippen molar-refractivity contribution in [2.75, 3.05) is 0 Å². The van der Waals surface area contributed by atoms with E-state index < -0.39 is 10.5 Å². The van der Waals surface area contributed by atoms with Crippen LogP contribution in [0, 0.1) is 10.1 Å². The molecule has 0 saturated heterocycles. The van der Waals surface area contributed by atoms with Crippen molar-refractivity contribution in [3.8, 4) is 5.75 Å². The van der Waals surface area contributed by atoms with Crippen LogP contribution in [0.3, 0.4) is 0 Å². The average molecular weight is 331 g/mol. The minimum atomic E-state index is -0.628. The summed E-state index contributed by atoms with van der Waals surface area (Å²) < 4.78 is 6.38. The molecule has 3 aromatic carbocycles. The third kappa shape index (κ3) is 2.76. The predicted octanol–water partition coefficient (Wildman–Crippen LogP) is 4.67. The second kappa shape index (κ2) is 6.06. The Morgan fingerprint density at radius 1 is 0.800 bits per heavy atom. The van der Waals surface area contributed by atoms with E-state index in [1.54, 1.807) is 18.2 Å². The van der Waals surface area contributed by atoms with Gasteiger partial charge in [0.2, 0.25) is 0 Å². The van der Waals surface area contributed by atoms with Crippen molar-refractivity contribution < 1.29 is 9.66 Å². The number of rotatable bonds is 4. The van der Waals surface area contributed by atoms with Crippen molar-refractivity contribution in [2.24, 2.45) is 0 Å². The first kappa shape index (κ1) is 15.4. The van der Waals surface area contributed by atoms with E-state index in [0.717, 1.165) is 5.56 Å². The number of fused-ring (bicyclic) bond motifs is 1. The lowest BCUT2D eigenvalue weighted by Crippen LogP contribution is -2.34. The summed E-state index contributed by atoms with van der Waals surface area (Å²) in [6, 6.07) is 24.8. The Bertz CT molecular complexity index is 896. The molecule has 0 bridgehead atoms. The number of para-hydroxylation sites is 2. The van der Waals surface area contributed by atoms with Gasteiger partial charge in [-0.15, -0.1) is 0 Å². The second-order valence-electron chi connectivity index (χ2n) is 6.31. The van der Waals surface area contributed by atoms with Crippen molar-refractivity contribution in [3.63, 3.8) is 0 Å². The van der Waals surface area contributed by atoms with E-state index in [9.17, 15) is 10.1 Å². The summed E-state index contributed by atoms with van der Waals surface area (Å²) in [4.78, 5) is 11.0. The highest BCUT2D eigenvalue weighted by Crippen LogP contribution is 2.43. The minimum Gasteiger partial charge on any atom is -0.475 e. The van der Waals surface area contributed by atoms with Gasteiger partial charge >= 0.3 is 5.69 Å². The molecule has 0 radical (unpaired) electrons. The van der Waals surface area contributed by atoms with Crippen LogP contribution < -0.4 is 4.74 Å². The van der Waals surface area contributed by atoms with Crippen LogP contribution in [0.25, 0.3) is 0 Å². The van der Waals surface area contributed by atoms with Crippen molar-refractivity contribution >= 4 is 5.69 Å². The normalized spacial score (nSPS) is 14.7. The Labute approximate surface area is 145 Å². The first-order valence-electron chi connectivity index (χ1n) is 8.23. The van der Waals surface area contributed by atoms with Crippen LogP contribution >= 0.6 is 0 Å². The van der Waals surface area contributed by atoms with Crippen molar-refractivity contribution in [1.29, 1.82) is 0 Å². The van der Waals surface area contributed by atoms with E-state index >= 15 is 0 Å². The first-order valence-corrected chi connectivity index (χ1v) is 8.23.